The number of hydrogen-bond acceptors (Lipinski definition) is 4. The maximum atomic E-state index is 9.87. The van der Waals surface area contributed by atoms with Crippen molar-refractivity contribution in [2.45, 2.75) is 10.6 Å². The third-order valence-corrected chi connectivity index (χ3v) is 4.21. The Hall–Kier alpha value is -1.78. The van der Waals surface area contributed by atoms with Crippen molar-refractivity contribution >= 4 is 34.1 Å². The number of halogens is 1. The fourth-order valence-electron chi connectivity index (χ4n) is 1.95. The van der Waals surface area contributed by atoms with Crippen LogP contribution in [-0.4, -0.2) is 15.1 Å². The summed E-state index contributed by atoms with van der Waals surface area (Å²) in [5.74, 6) is 1.01. The lowest BCUT2D eigenvalue weighted by atomic mass is 10.1. The summed E-state index contributed by atoms with van der Waals surface area (Å²) in [5, 5.41) is 12.2. The van der Waals surface area contributed by atoms with Crippen LogP contribution in [0.5, 0.6) is 5.75 Å². The summed E-state index contributed by atoms with van der Waals surface area (Å²) in [7, 11) is 0. The summed E-state index contributed by atoms with van der Waals surface area (Å²) in [6.45, 7) is 0. The third kappa shape index (κ3) is 2.71. The second-order valence-corrected chi connectivity index (χ2v) is 5.65. The summed E-state index contributed by atoms with van der Waals surface area (Å²) in [6.07, 6.45) is 3.23. The summed E-state index contributed by atoms with van der Waals surface area (Å²) in [5.41, 5.74) is 0.872. The van der Waals surface area contributed by atoms with Gasteiger partial charge in [0.05, 0.1) is 18.1 Å². The van der Waals surface area contributed by atoms with Gasteiger partial charge in [-0.25, -0.2) is 4.98 Å². The second-order valence-electron chi connectivity index (χ2n) is 4.25. The van der Waals surface area contributed by atoms with Crippen molar-refractivity contribution in [2.75, 3.05) is 0 Å². The van der Waals surface area contributed by atoms with Crippen LogP contribution in [-0.2, 0) is 5.75 Å². The zero-order chi connectivity index (χ0) is 13.9. The molecule has 0 aliphatic heterocycles. The summed E-state index contributed by atoms with van der Waals surface area (Å²) in [6, 6.07) is 11.4. The minimum Gasteiger partial charge on any atom is -0.507 e. The molecule has 100 valence electrons. The van der Waals surface area contributed by atoms with Gasteiger partial charge in [0.15, 0.2) is 0 Å². The summed E-state index contributed by atoms with van der Waals surface area (Å²) < 4.78 is 0. The van der Waals surface area contributed by atoms with E-state index in [1.54, 1.807) is 30.2 Å². The van der Waals surface area contributed by atoms with Crippen LogP contribution in [0.2, 0.25) is 5.15 Å². The number of phenols is 1. The molecule has 0 saturated carbocycles. The molecule has 0 aliphatic rings. The van der Waals surface area contributed by atoms with Gasteiger partial charge in [-0.3, -0.25) is 4.98 Å². The molecule has 1 aromatic heterocycles. The monoisotopic (exact) mass is 302 g/mol. The molecule has 2 aromatic carbocycles. The number of benzene rings is 2. The van der Waals surface area contributed by atoms with E-state index in [0.717, 1.165) is 21.4 Å². The van der Waals surface area contributed by atoms with Gasteiger partial charge in [-0.15, -0.1) is 11.8 Å². The Morgan fingerprint density at radius 2 is 1.80 bits per heavy atom. The highest BCUT2D eigenvalue weighted by Gasteiger charge is 2.06. The number of hydrogen-bond donors (Lipinski definition) is 1. The van der Waals surface area contributed by atoms with E-state index in [9.17, 15) is 5.11 Å². The fourth-order valence-corrected chi connectivity index (χ4v) is 2.99. The molecular formula is C15H11ClN2OS. The van der Waals surface area contributed by atoms with Crippen LogP contribution < -0.4 is 0 Å². The van der Waals surface area contributed by atoms with Gasteiger partial charge < -0.3 is 5.11 Å². The highest BCUT2D eigenvalue weighted by atomic mass is 35.5. The van der Waals surface area contributed by atoms with Crippen molar-refractivity contribution in [1.82, 2.24) is 9.97 Å². The molecule has 1 N–H and O–H groups in total. The standard InChI is InChI=1S/C15H11ClN2OS/c16-15-8-17-10(7-18-15)9-20-14-6-5-13(19)11-3-1-2-4-12(11)14/h1-8,19H,9H2. The molecule has 1 heterocycles. The molecule has 0 bridgehead atoms. The van der Waals surface area contributed by atoms with Gasteiger partial charge in [-0.2, -0.15) is 0 Å². The van der Waals surface area contributed by atoms with E-state index < -0.39 is 0 Å². The molecule has 0 atom stereocenters. The van der Waals surface area contributed by atoms with E-state index in [0.29, 0.717) is 16.7 Å². The van der Waals surface area contributed by atoms with Crippen LogP contribution in [0.4, 0.5) is 0 Å². The molecule has 0 spiro atoms. The van der Waals surface area contributed by atoms with Crippen molar-refractivity contribution in [3.8, 4) is 5.75 Å². The minimum atomic E-state index is 0.302. The highest BCUT2D eigenvalue weighted by Crippen LogP contribution is 2.34. The molecule has 0 amide bonds. The number of thioether (sulfide) groups is 1. The zero-order valence-corrected chi connectivity index (χ0v) is 12.0. The largest absolute Gasteiger partial charge is 0.507 e. The van der Waals surface area contributed by atoms with Crippen molar-refractivity contribution in [2.24, 2.45) is 0 Å². The molecule has 0 unspecified atom stereocenters. The quantitative estimate of drug-likeness (QED) is 0.733. The van der Waals surface area contributed by atoms with Gasteiger partial charge in [0.25, 0.3) is 0 Å². The summed E-state index contributed by atoms with van der Waals surface area (Å²) in [4.78, 5) is 9.35. The lowest BCUT2D eigenvalue weighted by Crippen LogP contribution is -1.88. The number of rotatable bonds is 3. The number of aromatic hydroxyl groups is 1. The molecule has 20 heavy (non-hydrogen) atoms. The van der Waals surface area contributed by atoms with Crippen LogP contribution >= 0.6 is 23.4 Å². The van der Waals surface area contributed by atoms with Gasteiger partial charge in [0.2, 0.25) is 0 Å². The maximum absolute atomic E-state index is 9.87. The Labute approximate surface area is 125 Å². The van der Waals surface area contributed by atoms with Gasteiger partial charge in [-0.05, 0) is 17.5 Å². The number of phenolic OH excluding ortho intramolecular Hbond substituents is 1. The fraction of sp³-hybridized carbons (Fsp3) is 0.0667. The van der Waals surface area contributed by atoms with Crippen molar-refractivity contribution in [1.29, 1.82) is 0 Å². The van der Waals surface area contributed by atoms with Crippen LogP contribution in [0.15, 0.2) is 53.7 Å². The number of nitrogens with zero attached hydrogens (tertiary/aromatic N) is 2. The van der Waals surface area contributed by atoms with E-state index in [4.69, 9.17) is 11.6 Å². The van der Waals surface area contributed by atoms with Crippen LogP contribution in [0.3, 0.4) is 0 Å². The predicted octanol–water partition coefficient (Wildman–Crippen LogP) is 4.28. The Bertz CT molecular complexity index is 746. The van der Waals surface area contributed by atoms with Crippen LogP contribution in [0, 0.1) is 0 Å². The Kier molecular flexibility index (Phi) is 3.76. The normalized spacial score (nSPS) is 10.8. The van der Waals surface area contributed by atoms with Gasteiger partial charge in [0, 0.05) is 16.0 Å². The van der Waals surface area contributed by atoms with Crippen molar-refractivity contribution in [3.05, 3.63) is 59.6 Å². The molecule has 0 aliphatic carbocycles. The van der Waals surface area contributed by atoms with E-state index in [1.165, 1.54) is 0 Å². The Balaban J connectivity index is 1.88. The maximum Gasteiger partial charge on any atom is 0.147 e. The van der Waals surface area contributed by atoms with Crippen molar-refractivity contribution < 1.29 is 5.11 Å². The van der Waals surface area contributed by atoms with Crippen molar-refractivity contribution in [3.63, 3.8) is 0 Å². The van der Waals surface area contributed by atoms with Gasteiger partial charge >= 0.3 is 0 Å². The van der Waals surface area contributed by atoms with E-state index in [2.05, 4.69) is 9.97 Å². The molecule has 3 aromatic rings. The first-order valence-electron chi connectivity index (χ1n) is 6.04. The molecule has 3 rings (SSSR count). The third-order valence-electron chi connectivity index (χ3n) is 2.91. The smallest absolute Gasteiger partial charge is 0.147 e. The lowest BCUT2D eigenvalue weighted by molar-refractivity contribution is 0.481. The van der Waals surface area contributed by atoms with E-state index in [1.807, 2.05) is 30.3 Å². The first-order chi connectivity index (χ1) is 9.74. The molecule has 3 nitrogen and oxygen atoms in total. The highest BCUT2D eigenvalue weighted by molar-refractivity contribution is 7.98. The number of aromatic nitrogens is 2. The average Bonchev–Trinajstić information content (AvgIpc) is 2.49. The SMILES string of the molecule is Oc1ccc(SCc2cnc(Cl)cn2)c2ccccc12. The van der Waals surface area contributed by atoms with Crippen LogP contribution in [0.25, 0.3) is 10.8 Å². The molecule has 0 saturated heterocycles. The first-order valence-corrected chi connectivity index (χ1v) is 7.40. The Morgan fingerprint density at radius 1 is 1.00 bits per heavy atom. The predicted molar refractivity (Wildman–Crippen MR) is 82.2 cm³/mol. The van der Waals surface area contributed by atoms with E-state index >= 15 is 0 Å². The zero-order valence-electron chi connectivity index (χ0n) is 10.5. The van der Waals surface area contributed by atoms with Gasteiger partial charge in [0.1, 0.15) is 10.9 Å². The van der Waals surface area contributed by atoms with Gasteiger partial charge in [-0.1, -0.05) is 35.9 Å². The second kappa shape index (κ2) is 5.69. The van der Waals surface area contributed by atoms with E-state index in [-0.39, 0.29) is 0 Å². The lowest BCUT2D eigenvalue weighted by Gasteiger charge is -2.07. The Morgan fingerprint density at radius 3 is 2.55 bits per heavy atom. The molecular weight excluding hydrogens is 292 g/mol. The average molecular weight is 303 g/mol. The molecule has 0 fully saturated rings. The first kappa shape index (κ1) is 13.2. The minimum absolute atomic E-state index is 0.302. The molecule has 5 heteroatoms. The molecule has 0 radical (unpaired) electrons. The summed E-state index contributed by atoms with van der Waals surface area (Å²) >= 11 is 7.38. The van der Waals surface area contributed by atoms with Crippen LogP contribution in [0.1, 0.15) is 5.69 Å². The topological polar surface area (TPSA) is 46.0 Å². The number of fused-ring (bicyclic) bond motifs is 1.